The normalized spacial score (nSPS) is 21.3. The van der Waals surface area contributed by atoms with Crippen molar-refractivity contribution in [2.75, 3.05) is 45.8 Å². The maximum atomic E-state index is 12.8. The highest BCUT2D eigenvalue weighted by Gasteiger charge is 2.31. The minimum absolute atomic E-state index is 0.0439. The van der Waals surface area contributed by atoms with E-state index >= 15 is 0 Å². The molecule has 2 heterocycles. The topological polar surface area (TPSA) is 64.7 Å². The maximum absolute atomic E-state index is 12.8. The van der Waals surface area contributed by atoms with Crippen LogP contribution in [0.3, 0.4) is 0 Å². The first-order valence-electron chi connectivity index (χ1n) is 9.96. The zero-order chi connectivity index (χ0) is 19.4. The van der Waals surface area contributed by atoms with Gasteiger partial charge in [0.05, 0.1) is 0 Å². The molecule has 148 valence electrons. The van der Waals surface area contributed by atoms with Gasteiger partial charge in [0.2, 0.25) is 0 Å². The second-order valence-electron chi connectivity index (χ2n) is 8.80. The molecule has 6 heteroatoms. The summed E-state index contributed by atoms with van der Waals surface area (Å²) in [6.07, 6.45) is 1.04. The van der Waals surface area contributed by atoms with Gasteiger partial charge >= 0.3 is 0 Å². The van der Waals surface area contributed by atoms with Gasteiger partial charge < -0.3 is 15.5 Å². The van der Waals surface area contributed by atoms with Crippen molar-refractivity contribution in [1.29, 1.82) is 0 Å². The van der Waals surface area contributed by atoms with Crippen molar-refractivity contribution >= 4 is 11.8 Å². The molecule has 2 fully saturated rings. The van der Waals surface area contributed by atoms with Crippen LogP contribution in [-0.2, 0) is 0 Å². The van der Waals surface area contributed by atoms with Crippen molar-refractivity contribution in [2.45, 2.75) is 33.2 Å². The second kappa shape index (κ2) is 8.40. The summed E-state index contributed by atoms with van der Waals surface area (Å²) >= 11 is 0. The average molecular weight is 373 g/mol. The number of hydrogen-bond acceptors (Lipinski definition) is 4. The molecule has 2 amide bonds. The lowest BCUT2D eigenvalue weighted by Crippen LogP contribution is -2.49. The number of hydrogen-bond donors (Lipinski definition) is 2. The fraction of sp³-hybridized carbons (Fsp3) is 0.619. The van der Waals surface area contributed by atoms with E-state index in [0.717, 1.165) is 45.7 Å². The van der Waals surface area contributed by atoms with Crippen LogP contribution in [0.15, 0.2) is 24.3 Å². The summed E-state index contributed by atoms with van der Waals surface area (Å²) in [5, 5.41) is 6.31. The Bertz CT molecular complexity index is 660. The first-order chi connectivity index (χ1) is 12.8. The molecule has 6 nitrogen and oxygen atoms in total. The number of carbonyl (C=O) groups excluding carboxylic acids is 2. The lowest BCUT2D eigenvalue weighted by Gasteiger charge is -2.32. The van der Waals surface area contributed by atoms with Crippen molar-refractivity contribution < 1.29 is 9.59 Å². The average Bonchev–Trinajstić information content (AvgIpc) is 3.16. The maximum Gasteiger partial charge on any atom is 0.253 e. The first-order valence-corrected chi connectivity index (χ1v) is 9.96. The van der Waals surface area contributed by atoms with Crippen molar-refractivity contribution in [2.24, 2.45) is 5.41 Å². The van der Waals surface area contributed by atoms with Gasteiger partial charge in [-0.25, -0.2) is 0 Å². The standard InChI is InChI=1S/C21H32N4O2/c1-21(2,3)15-23-19(26)16-4-6-17(7-5-16)20(27)25-11-8-18(14-25)24-12-9-22-10-13-24/h4-7,18,22H,8-15H2,1-3H3,(H,23,26). The lowest BCUT2D eigenvalue weighted by molar-refractivity contribution is 0.0772. The van der Waals surface area contributed by atoms with Crippen LogP contribution in [0.5, 0.6) is 0 Å². The molecular weight excluding hydrogens is 340 g/mol. The Labute approximate surface area is 162 Å². The Morgan fingerprint density at radius 3 is 2.33 bits per heavy atom. The lowest BCUT2D eigenvalue weighted by atomic mass is 9.97. The predicted molar refractivity (Wildman–Crippen MR) is 107 cm³/mol. The van der Waals surface area contributed by atoms with E-state index in [0.29, 0.717) is 23.7 Å². The van der Waals surface area contributed by atoms with Gasteiger partial charge in [0.25, 0.3) is 11.8 Å². The van der Waals surface area contributed by atoms with Crippen LogP contribution >= 0.6 is 0 Å². The molecule has 2 N–H and O–H groups in total. The smallest absolute Gasteiger partial charge is 0.253 e. The Balaban J connectivity index is 1.55. The van der Waals surface area contributed by atoms with Crippen molar-refractivity contribution in [3.8, 4) is 0 Å². The van der Waals surface area contributed by atoms with Crippen LogP contribution in [0.2, 0.25) is 0 Å². The summed E-state index contributed by atoms with van der Waals surface area (Å²) in [5.41, 5.74) is 1.29. The molecule has 0 bridgehead atoms. The molecule has 0 radical (unpaired) electrons. The van der Waals surface area contributed by atoms with Crippen LogP contribution < -0.4 is 10.6 Å². The zero-order valence-corrected chi connectivity index (χ0v) is 16.8. The summed E-state index contributed by atoms with van der Waals surface area (Å²) in [6, 6.07) is 7.50. The number of nitrogens with zero attached hydrogens (tertiary/aromatic N) is 2. The minimum atomic E-state index is -0.0936. The molecule has 0 aliphatic carbocycles. The van der Waals surface area contributed by atoms with E-state index in [9.17, 15) is 9.59 Å². The molecule has 2 saturated heterocycles. The molecule has 1 atom stereocenters. The van der Waals surface area contributed by atoms with Crippen LogP contribution in [0, 0.1) is 5.41 Å². The van der Waals surface area contributed by atoms with Gasteiger partial charge in [-0.2, -0.15) is 0 Å². The molecule has 2 aliphatic rings. The van der Waals surface area contributed by atoms with Crippen LogP contribution in [-0.4, -0.2) is 73.5 Å². The monoisotopic (exact) mass is 372 g/mol. The number of piperazine rings is 1. The third kappa shape index (κ3) is 5.30. The summed E-state index contributed by atoms with van der Waals surface area (Å²) in [7, 11) is 0. The molecule has 0 spiro atoms. The molecule has 3 rings (SSSR count). The first kappa shape index (κ1) is 19.8. The number of benzene rings is 1. The van der Waals surface area contributed by atoms with Gasteiger partial charge in [0.15, 0.2) is 0 Å². The van der Waals surface area contributed by atoms with Crippen LogP contribution in [0.1, 0.15) is 47.9 Å². The minimum Gasteiger partial charge on any atom is -0.352 e. The quantitative estimate of drug-likeness (QED) is 0.842. The highest BCUT2D eigenvalue weighted by Crippen LogP contribution is 2.19. The number of rotatable bonds is 4. The summed E-state index contributed by atoms with van der Waals surface area (Å²) in [4.78, 5) is 29.5. The van der Waals surface area contributed by atoms with Crippen molar-refractivity contribution in [3.05, 3.63) is 35.4 Å². The number of amides is 2. The van der Waals surface area contributed by atoms with Crippen LogP contribution in [0.25, 0.3) is 0 Å². The Hall–Kier alpha value is -1.92. The van der Waals surface area contributed by atoms with E-state index in [4.69, 9.17) is 0 Å². The Kier molecular flexibility index (Phi) is 6.17. The number of nitrogens with one attached hydrogen (secondary N) is 2. The van der Waals surface area contributed by atoms with E-state index in [-0.39, 0.29) is 17.2 Å². The van der Waals surface area contributed by atoms with E-state index < -0.39 is 0 Å². The van der Waals surface area contributed by atoms with Gasteiger partial charge in [0, 0.05) is 63.0 Å². The highest BCUT2D eigenvalue weighted by atomic mass is 16.2. The van der Waals surface area contributed by atoms with Gasteiger partial charge in [-0.3, -0.25) is 14.5 Å². The van der Waals surface area contributed by atoms with Gasteiger partial charge in [-0.1, -0.05) is 20.8 Å². The SMILES string of the molecule is CC(C)(C)CNC(=O)c1ccc(C(=O)N2CCC(N3CCNCC3)C2)cc1. The third-order valence-corrected chi connectivity index (χ3v) is 5.29. The summed E-state index contributed by atoms with van der Waals surface area (Å²) < 4.78 is 0. The van der Waals surface area contributed by atoms with E-state index in [1.807, 2.05) is 4.90 Å². The predicted octanol–water partition coefficient (Wildman–Crippen LogP) is 1.58. The second-order valence-corrected chi connectivity index (χ2v) is 8.80. The Morgan fingerprint density at radius 2 is 1.70 bits per heavy atom. The molecule has 1 aromatic carbocycles. The molecule has 1 aromatic rings. The van der Waals surface area contributed by atoms with Gasteiger partial charge in [0.1, 0.15) is 0 Å². The number of carbonyl (C=O) groups is 2. The largest absolute Gasteiger partial charge is 0.352 e. The van der Waals surface area contributed by atoms with Crippen molar-refractivity contribution in [3.63, 3.8) is 0 Å². The van der Waals surface area contributed by atoms with E-state index in [1.165, 1.54) is 0 Å². The zero-order valence-electron chi connectivity index (χ0n) is 16.8. The molecule has 0 saturated carbocycles. The Morgan fingerprint density at radius 1 is 1.07 bits per heavy atom. The van der Waals surface area contributed by atoms with Gasteiger partial charge in [-0.15, -0.1) is 0 Å². The molecule has 0 aromatic heterocycles. The van der Waals surface area contributed by atoms with E-state index in [2.05, 4.69) is 36.3 Å². The summed E-state index contributed by atoms with van der Waals surface area (Å²) in [6.45, 7) is 12.7. The van der Waals surface area contributed by atoms with Crippen molar-refractivity contribution in [1.82, 2.24) is 20.4 Å². The fourth-order valence-corrected chi connectivity index (χ4v) is 3.67. The fourth-order valence-electron chi connectivity index (χ4n) is 3.67. The summed E-state index contributed by atoms with van der Waals surface area (Å²) in [5.74, 6) is -0.0295. The van der Waals surface area contributed by atoms with E-state index in [1.54, 1.807) is 24.3 Å². The number of likely N-dealkylation sites (tertiary alicyclic amines) is 1. The van der Waals surface area contributed by atoms with Gasteiger partial charge in [-0.05, 0) is 36.1 Å². The third-order valence-electron chi connectivity index (χ3n) is 5.29. The molecule has 27 heavy (non-hydrogen) atoms. The molecule has 2 aliphatic heterocycles. The van der Waals surface area contributed by atoms with Crippen LogP contribution in [0.4, 0.5) is 0 Å². The molecule has 1 unspecified atom stereocenters. The highest BCUT2D eigenvalue weighted by molar-refractivity contribution is 5.97. The molecular formula is C21H32N4O2.